The van der Waals surface area contributed by atoms with Crippen LogP contribution >= 0.6 is 0 Å². The van der Waals surface area contributed by atoms with Crippen LogP contribution in [0.15, 0.2) is 85.1 Å². The Hall–Kier alpha value is -6.37. The first-order valence-corrected chi connectivity index (χ1v) is 14.5. The number of hydrogen-bond donors (Lipinski definition) is 3. The van der Waals surface area contributed by atoms with Crippen LogP contribution in [0.5, 0.6) is 17.4 Å². The number of carbonyl (C=O) groups excluding carboxylic acids is 6. The number of rotatable bonds is 9. The Labute approximate surface area is 267 Å². The summed E-state index contributed by atoms with van der Waals surface area (Å²) in [6.07, 6.45) is 1.56. The molecule has 0 radical (unpaired) electrons. The normalized spacial score (nSPS) is 15.5. The van der Waals surface area contributed by atoms with Gasteiger partial charge in [0.25, 0.3) is 23.6 Å². The van der Waals surface area contributed by atoms with E-state index in [2.05, 4.69) is 20.9 Å². The number of hydrogen-bond acceptors (Lipinski definition) is 9. The topological polar surface area (TPSA) is 173 Å². The predicted molar refractivity (Wildman–Crippen MR) is 166 cm³/mol. The number of imide groups is 2. The Morgan fingerprint density at radius 3 is 2.36 bits per heavy atom. The van der Waals surface area contributed by atoms with Crippen LogP contribution in [-0.4, -0.2) is 58.5 Å². The monoisotopic (exact) mass is 633 g/mol. The lowest BCUT2D eigenvalue weighted by Gasteiger charge is -2.27. The maximum absolute atomic E-state index is 13.1. The molecular formula is C34H27N5O8. The molecule has 13 heteroatoms. The Balaban J connectivity index is 1.06. The zero-order chi connectivity index (χ0) is 33.1. The van der Waals surface area contributed by atoms with Crippen molar-refractivity contribution in [3.05, 3.63) is 113 Å². The van der Waals surface area contributed by atoms with Gasteiger partial charge < -0.3 is 20.1 Å². The number of pyridine rings is 1. The Morgan fingerprint density at radius 1 is 0.894 bits per heavy atom. The molecule has 3 N–H and O–H groups in total. The highest BCUT2D eigenvalue weighted by Crippen LogP contribution is 2.30. The quantitative estimate of drug-likeness (QED) is 0.233. The Morgan fingerprint density at radius 2 is 1.64 bits per heavy atom. The number of aromatic nitrogens is 1. The van der Waals surface area contributed by atoms with Gasteiger partial charge in [-0.15, -0.1) is 0 Å². The molecule has 0 spiro atoms. The van der Waals surface area contributed by atoms with Gasteiger partial charge in [-0.3, -0.25) is 39.0 Å². The molecule has 0 aliphatic carbocycles. The van der Waals surface area contributed by atoms with E-state index in [-0.39, 0.29) is 42.0 Å². The van der Waals surface area contributed by atoms with E-state index in [1.54, 1.807) is 60.7 Å². The number of para-hydroxylation sites is 2. The fourth-order valence-corrected chi connectivity index (χ4v) is 5.20. The molecule has 4 aromatic rings. The van der Waals surface area contributed by atoms with Crippen LogP contribution in [0, 0.1) is 0 Å². The smallest absolute Gasteiger partial charge is 0.262 e. The van der Waals surface area contributed by atoms with Crippen molar-refractivity contribution < 1.29 is 38.2 Å². The van der Waals surface area contributed by atoms with Gasteiger partial charge in [-0.1, -0.05) is 24.3 Å². The van der Waals surface area contributed by atoms with Crippen LogP contribution in [0.4, 0.5) is 5.69 Å². The second kappa shape index (κ2) is 12.9. The van der Waals surface area contributed by atoms with Gasteiger partial charge in [-0.05, 0) is 60.5 Å². The molecule has 2 aliphatic heterocycles. The van der Waals surface area contributed by atoms with Gasteiger partial charge >= 0.3 is 0 Å². The second-order valence-electron chi connectivity index (χ2n) is 10.7. The number of anilines is 1. The zero-order valence-corrected chi connectivity index (χ0v) is 24.9. The number of benzene rings is 3. The molecule has 3 heterocycles. The van der Waals surface area contributed by atoms with Crippen molar-refractivity contribution in [1.29, 1.82) is 0 Å². The fraction of sp³-hybridized carbons (Fsp3) is 0.147. The summed E-state index contributed by atoms with van der Waals surface area (Å²) in [6.45, 7) is 0.125. The van der Waals surface area contributed by atoms with E-state index in [0.29, 0.717) is 34.2 Å². The zero-order valence-electron chi connectivity index (χ0n) is 24.9. The largest absolute Gasteiger partial charge is 0.481 e. The van der Waals surface area contributed by atoms with Crippen LogP contribution in [0.25, 0.3) is 0 Å². The number of ether oxygens (including phenoxy) is 2. The van der Waals surface area contributed by atoms with Crippen molar-refractivity contribution in [3.8, 4) is 17.4 Å². The van der Waals surface area contributed by atoms with Crippen LogP contribution < -0.4 is 25.4 Å². The minimum Gasteiger partial charge on any atom is -0.481 e. The van der Waals surface area contributed by atoms with Crippen molar-refractivity contribution in [3.63, 3.8) is 0 Å². The van der Waals surface area contributed by atoms with Gasteiger partial charge in [-0.25, -0.2) is 4.98 Å². The van der Waals surface area contributed by atoms with E-state index in [0.717, 1.165) is 4.90 Å². The molecule has 6 amide bonds. The van der Waals surface area contributed by atoms with E-state index in [1.807, 2.05) is 0 Å². The maximum Gasteiger partial charge on any atom is 0.262 e. The number of nitrogens with one attached hydrogen (secondary N) is 3. The molecule has 3 aromatic carbocycles. The minimum atomic E-state index is -1.09. The third-order valence-electron chi connectivity index (χ3n) is 7.65. The highest BCUT2D eigenvalue weighted by molar-refractivity contribution is 6.24. The number of nitrogens with zero attached hydrogens (tertiary/aromatic N) is 2. The first-order chi connectivity index (χ1) is 22.7. The standard InChI is InChI=1S/C34H27N5O8/c1-46-29-15-11-22(18-35-29)47-27-5-3-2-4-25(27)37-31(42)20-8-6-19(7-9-20)17-36-30(41)21-10-12-23-24(16-21)34(45)39(33(23)44)26-13-14-28(40)38-32(26)43/h2-12,15-16,18,26H,13-14,17H2,1H3,(H,36,41)(H,37,42)(H,38,40,43). The van der Waals surface area contributed by atoms with Gasteiger partial charge in [0.15, 0.2) is 5.75 Å². The van der Waals surface area contributed by atoms with Crippen molar-refractivity contribution in [2.45, 2.75) is 25.4 Å². The molecular weight excluding hydrogens is 606 g/mol. The molecule has 1 aromatic heterocycles. The molecule has 0 saturated carbocycles. The van der Waals surface area contributed by atoms with Gasteiger partial charge in [0.2, 0.25) is 17.7 Å². The molecule has 1 fully saturated rings. The summed E-state index contributed by atoms with van der Waals surface area (Å²) < 4.78 is 11.0. The second-order valence-corrected chi connectivity index (χ2v) is 10.7. The number of amides is 6. The summed E-state index contributed by atoms with van der Waals surface area (Å²) in [7, 11) is 1.52. The highest BCUT2D eigenvalue weighted by Gasteiger charge is 2.44. The van der Waals surface area contributed by atoms with E-state index in [1.165, 1.54) is 31.5 Å². The first-order valence-electron chi connectivity index (χ1n) is 14.5. The molecule has 1 unspecified atom stereocenters. The lowest BCUT2D eigenvalue weighted by molar-refractivity contribution is -0.136. The third kappa shape index (κ3) is 6.40. The van der Waals surface area contributed by atoms with Crippen molar-refractivity contribution >= 4 is 41.1 Å². The summed E-state index contributed by atoms with van der Waals surface area (Å²) in [6, 6.07) is 20.0. The first kappa shape index (κ1) is 30.6. The van der Waals surface area contributed by atoms with Gasteiger partial charge in [-0.2, -0.15) is 0 Å². The summed E-state index contributed by atoms with van der Waals surface area (Å²) >= 11 is 0. The molecule has 6 rings (SSSR count). The lowest BCUT2D eigenvalue weighted by Crippen LogP contribution is -2.54. The molecule has 47 heavy (non-hydrogen) atoms. The van der Waals surface area contributed by atoms with Gasteiger partial charge in [0.1, 0.15) is 11.8 Å². The van der Waals surface area contributed by atoms with Crippen molar-refractivity contribution in [2.24, 2.45) is 0 Å². The van der Waals surface area contributed by atoms with Crippen molar-refractivity contribution in [2.75, 3.05) is 12.4 Å². The van der Waals surface area contributed by atoms with Crippen LogP contribution in [0.3, 0.4) is 0 Å². The minimum absolute atomic E-state index is 0.00942. The van der Waals surface area contributed by atoms with E-state index < -0.39 is 35.6 Å². The van der Waals surface area contributed by atoms with Crippen molar-refractivity contribution in [1.82, 2.24) is 20.5 Å². The predicted octanol–water partition coefficient (Wildman–Crippen LogP) is 3.47. The average molecular weight is 634 g/mol. The Kier molecular flexibility index (Phi) is 8.43. The average Bonchev–Trinajstić information content (AvgIpc) is 3.33. The summed E-state index contributed by atoms with van der Waals surface area (Å²) in [4.78, 5) is 80.7. The summed E-state index contributed by atoms with van der Waals surface area (Å²) in [5, 5.41) is 7.76. The Bertz CT molecular complexity index is 1920. The highest BCUT2D eigenvalue weighted by atomic mass is 16.5. The van der Waals surface area contributed by atoms with E-state index in [9.17, 15) is 28.8 Å². The van der Waals surface area contributed by atoms with E-state index >= 15 is 0 Å². The number of carbonyl (C=O) groups is 6. The number of fused-ring (bicyclic) bond motifs is 1. The number of piperidine rings is 1. The lowest BCUT2D eigenvalue weighted by atomic mass is 10.0. The van der Waals surface area contributed by atoms with Gasteiger partial charge in [0, 0.05) is 30.2 Å². The number of methoxy groups -OCH3 is 1. The third-order valence-corrected chi connectivity index (χ3v) is 7.65. The molecule has 0 bridgehead atoms. The van der Waals surface area contributed by atoms with Crippen LogP contribution in [-0.2, 0) is 16.1 Å². The molecule has 2 aliphatic rings. The van der Waals surface area contributed by atoms with Gasteiger partial charge in [0.05, 0.1) is 30.1 Å². The maximum atomic E-state index is 13.1. The van der Waals surface area contributed by atoms with E-state index in [4.69, 9.17) is 9.47 Å². The molecule has 236 valence electrons. The summed E-state index contributed by atoms with van der Waals surface area (Å²) in [5.41, 5.74) is 1.79. The molecule has 1 atom stereocenters. The fourth-order valence-electron chi connectivity index (χ4n) is 5.20. The van der Waals surface area contributed by atoms with Crippen LogP contribution in [0.2, 0.25) is 0 Å². The summed E-state index contributed by atoms with van der Waals surface area (Å²) in [5.74, 6) is -2.04. The SMILES string of the molecule is COc1ccc(Oc2ccccc2NC(=O)c2ccc(CNC(=O)c3ccc4c(c3)C(=O)N(C3CCC(=O)NC3=O)C4=O)cc2)cn1. The van der Waals surface area contributed by atoms with Crippen LogP contribution in [0.1, 0.15) is 59.8 Å². The molecule has 1 saturated heterocycles. The molecule has 13 nitrogen and oxygen atoms in total.